The second-order valence-electron chi connectivity index (χ2n) is 5.71. The lowest BCUT2D eigenvalue weighted by atomic mass is 9.93. The third kappa shape index (κ3) is 3.27. The van der Waals surface area contributed by atoms with E-state index in [-0.39, 0.29) is 11.9 Å². The van der Waals surface area contributed by atoms with Gasteiger partial charge in [-0.2, -0.15) is 0 Å². The van der Waals surface area contributed by atoms with E-state index < -0.39 is 0 Å². The Kier molecular flexibility index (Phi) is 4.25. The van der Waals surface area contributed by atoms with E-state index in [0.717, 1.165) is 18.5 Å². The first-order valence-electron chi connectivity index (χ1n) is 7.51. The molecule has 4 heteroatoms. The van der Waals surface area contributed by atoms with Gasteiger partial charge < -0.3 is 5.32 Å². The number of aromatic nitrogens is 2. The summed E-state index contributed by atoms with van der Waals surface area (Å²) in [6.45, 7) is 2.12. The molecule has 110 valence electrons. The molecule has 3 rings (SSSR count). The van der Waals surface area contributed by atoms with Crippen molar-refractivity contribution in [3.63, 3.8) is 0 Å². The second kappa shape index (κ2) is 6.31. The fourth-order valence-corrected chi connectivity index (χ4v) is 3.21. The van der Waals surface area contributed by atoms with Gasteiger partial charge in [-0.15, -0.1) is 0 Å². The van der Waals surface area contributed by atoms with Gasteiger partial charge in [0, 0.05) is 30.7 Å². The molecule has 1 heterocycles. The van der Waals surface area contributed by atoms with Crippen LogP contribution in [-0.2, 0) is 0 Å². The zero-order chi connectivity index (χ0) is 14.7. The average Bonchev–Trinajstić information content (AvgIpc) is 2.97. The van der Waals surface area contributed by atoms with Gasteiger partial charge in [0.1, 0.15) is 5.82 Å². The molecule has 1 aromatic carbocycles. The minimum Gasteiger partial charge on any atom is -0.305 e. The van der Waals surface area contributed by atoms with E-state index in [1.165, 1.54) is 12.0 Å². The first-order chi connectivity index (χ1) is 10.2. The number of hydrogen-bond donors (Lipinski definition) is 1. The molecule has 1 N–H and O–H groups in total. The molecule has 3 nitrogen and oxygen atoms in total. The van der Waals surface area contributed by atoms with E-state index in [9.17, 15) is 4.39 Å². The maximum atomic E-state index is 13.1. The van der Waals surface area contributed by atoms with Crippen molar-refractivity contribution in [3.05, 3.63) is 59.9 Å². The van der Waals surface area contributed by atoms with Crippen LogP contribution in [0.25, 0.3) is 0 Å². The van der Waals surface area contributed by atoms with E-state index >= 15 is 0 Å². The van der Waals surface area contributed by atoms with E-state index in [0.29, 0.717) is 12.0 Å². The Morgan fingerprint density at radius 3 is 2.71 bits per heavy atom. The van der Waals surface area contributed by atoms with Gasteiger partial charge in [-0.25, -0.2) is 4.39 Å². The van der Waals surface area contributed by atoms with Gasteiger partial charge in [-0.05, 0) is 43.4 Å². The van der Waals surface area contributed by atoms with Gasteiger partial charge in [0.25, 0.3) is 0 Å². The fraction of sp³-hybridized carbons (Fsp3) is 0.412. The summed E-state index contributed by atoms with van der Waals surface area (Å²) in [4.78, 5) is 8.48. The highest BCUT2D eigenvalue weighted by Gasteiger charge is 2.29. The van der Waals surface area contributed by atoms with Crippen molar-refractivity contribution in [2.45, 2.75) is 44.2 Å². The Hall–Kier alpha value is -1.81. The summed E-state index contributed by atoms with van der Waals surface area (Å²) in [6, 6.07) is 7.50. The molecule has 1 saturated carbocycles. The van der Waals surface area contributed by atoms with Gasteiger partial charge in [0.15, 0.2) is 0 Å². The number of nitrogens with zero attached hydrogens (tertiary/aromatic N) is 2. The molecular formula is C17H20FN3. The SMILES string of the molecule is C[C@H](N[C@@H]1CCC[C@@H]1c1ccc(F)cc1)c1cnccn1. The van der Waals surface area contributed by atoms with Crippen molar-refractivity contribution in [2.24, 2.45) is 0 Å². The molecule has 0 bridgehead atoms. The highest BCUT2D eigenvalue weighted by Crippen LogP contribution is 2.35. The lowest BCUT2D eigenvalue weighted by Gasteiger charge is -2.25. The molecule has 0 unspecified atom stereocenters. The number of halogens is 1. The predicted molar refractivity (Wildman–Crippen MR) is 80.4 cm³/mol. The van der Waals surface area contributed by atoms with Crippen molar-refractivity contribution in [1.29, 1.82) is 0 Å². The number of rotatable bonds is 4. The van der Waals surface area contributed by atoms with Crippen LogP contribution in [0.3, 0.4) is 0 Å². The Morgan fingerprint density at radius 2 is 2.00 bits per heavy atom. The minimum atomic E-state index is -0.172. The zero-order valence-electron chi connectivity index (χ0n) is 12.2. The third-order valence-electron chi connectivity index (χ3n) is 4.30. The highest BCUT2D eigenvalue weighted by atomic mass is 19.1. The molecule has 0 saturated heterocycles. The van der Waals surface area contributed by atoms with Crippen LogP contribution in [0.5, 0.6) is 0 Å². The molecule has 21 heavy (non-hydrogen) atoms. The Labute approximate surface area is 124 Å². The molecule has 0 spiro atoms. The first kappa shape index (κ1) is 14.1. The van der Waals surface area contributed by atoms with E-state index in [1.807, 2.05) is 12.1 Å². The molecule has 2 aromatic rings. The van der Waals surface area contributed by atoms with Crippen LogP contribution in [0.2, 0.25) is 0 Å². The minimum absolute atomic E-state index is 0.171. The monoisotopic (exact) mass is 285 g/mol. The van der Waals surface area contributed by atoms with Crippen LogP contribution >= 0.6 is 0 Å². The molecular weight excluding hydrogens is 265 g/mol. The first-order valence-corrected chi connectivity index (χ1v) is 7.51. The smallest absolute Gasteiger partial charge is 0.123 e. The summed E-state index contributed by atoms with van der Waals surface area (Å²) in [6.07, 6.45) is 8.71. The predicted octanol–water partition coefficient (Wildman–Crippen LogP) is 3.60. The van der Waals surface area contributed by atoms with Gasteiger partial charge in [0.2, 0.25) is 0 Å². The fourth-order valence-electron chi connectivity index (χ4n) is 3.21. The van der Waals surface area contributed by atoms with Gasteiger partial charge in [-0.1, -0.05) is 18.6 Å². The largest absolute Gasteiger partial charge is 0.305 e. The Morgan fingerprint density at radius 1 is 1.19 bits per heavy atom. The number of benzene rings is 1. The summed E-state index contributed by atoms with van der Waals surface area (Å²) >= 11 is 0. The quantitative estimate of drug-likeness (QED) is 0.932. The van der Waals surface area contributed by atoms with Crippen molar-refractivity contribution in [1.82, 2.24) is 15.3 Å². The van der Waals surface area contributed by atoms with Crippen molar-refractivity contribution >= 4 is 0 Å². The van der Waals surface area contributed by atoms with Crippen molar-refractivity contribution in [3.8, 4) is 0 Å². The molecule has 0 radical (unpaired) electrons. The van der Waals surface area contributed by atoms with Crippen molar-refractivity contribution < 1.29 is 4.39 Å². The summed E-state index contributed by atoms with van der Waals surface area (Å²) in [5.74, 6) is 0.277. The van der Waals surface area contributed by atoms with E-state index in [1.54, 1.807) is 30.7 Å². The molecule has 0 aliphatic heterocycles. The number of nitrogens with one attached hydrogen (secondary N) is 1. The van der Waals surface area contributed by atoms with Crippen LogP contribution in [0.1, 0.15) is 49.4 Å². The van der Waals surface area contributed by atoms with E-state index in [2.05, 4.69) is 22.2 Å². The molecule has 1 aromatic heterocycles. The number of hydrogen-bond acceptors (Lipinski definition) is 3. The second-order valence-corrected chi connectivity index (χ2v) is 5.71. The lowest BCUT2D eigenvalue weighted by molar-refractivity contribution is 0.422. The molecule has 3 atom stereocenters. The van der Waals surface area contributed by atoms with Gasteiger partial charge in [0.05, 0.1) is 5.69 Å². The lowest BCUT2D eigenvalue weighted by Crippen LogP contribution is -2.33. The Bertz CT molecular complexity index is 570. The molecule has 1 aliphatic rings. The van der Waals surface area contributed by atoms with Crippen LogP contribution in [0.4, 0.5) is 4.39 Å². The summed E-state index contributed by atoms with van der Waals surface area (Å²) in [5, 5.41) is 3.66. The Balaban J connectivity index is 1.71. The topological polar surface area (TPSA) is 37.8 Å². The van der Waals surface area contributed by atoms with E-state index in [4.69, 9.17) is 0 Å². The van der Waals surface area contributed by atoms with Crippen LogP contribution in [0.15, 0.2) is 42.9 Å². The third-order valence-corrected chi connectivity index (χ3v) is 4.30. The molecule has 1 fully saturated rings. The maximum absolute atomic E-state index is 13.1. The summed E-state index contributed by atoms with van der Waals surface area (Å²) in [5.41, 5.74) is 2.18. The highest BCUT2D eigenvalue weighted by molar-refractivity contribution is 5.23. The zero-order valence-corrected chi connectivity index (χ0v) is 12.2. The van der Waals surface area contributed by atoms with Gasteiger partial charge >= 0.3 is 0 Å². The molecule has 1 aliphatic carbocycles. The maximum Gasteiger partial charge on any atom is 0.123 e. The average molecular weight is 285 g/mol. The van der Waals surface area contributed by atoms with Crippen molar-refractivity contribution in [2.75, 3.05) is 0 Å². The van der Waals surface area contributed by atoms with Gasteiger partial charge in [-0.3, -0.25) is 9.97 Å². The standard InChI is InChI=1S/C17H20FN3/c1-12(17-11-19-9-10-20-17)21-16-4-2-3-15(16)13-5-7-14(18)8-6-13/h5-12,15-16,21H,2-4H2,1H3/t12-,15+,16+/m0/s1. The van der Waals surface area contributed by atoms with Crippen LogP contribution in [-0.4, -0.2) is 16.0 Å². The van der Waals surface area contributed by atoms with Crippen LogP contribution < -0.4 is 5.32 Å². The van der Waals surface area contributed by atoms with Crippen LogP contribution in [0, 0.1) is 5.82 Å². The summed E-state index contributed by atoms with van der Waals surface area (Å²) < 4.78 is 13.1. The molecule has 0 amide bonds. The normalized spacial score (nSPS) is 23.1. The summed E-state index contributed by atoms with van der Waals surface area (Å²) in [7, 11) is 0.